The van der Waals surface area contributed by atoms with Gasteiger partial charge in [0.25, 0.3) is 0 Å². The predicted octanol–water partition coefficient (Wildman–Crippen LogP) is 2.80. The number of halogens is 1. The fourth-order valence-corrected chi connectivity index (χ4v) is 3.22. The molecule has 0 radical (unpaired) electrons. The highest BCUT2D eigenvalue weighted by Gasteiger charge is 2.29. The minimum Gasteiger partial charge on any atom is -0.339 e. The molecule has 1 amide bonds. The minimum atomic E-state index is 0.320. The highest BCUT2D eigenvalue weighted by molar-refractivity contribution is 6.18. The number of carbonyl (C=O) groups excluding carboxylic acids is 1. The number of rotatable bonds is 3. The van der Waals surface area contributed by atoms with Gasteiger partial charge in [-0.1, -0.05) is 12.8 Å². The first-order valence-electron chi connectivity index (χ1n) is 6.16. The Morgan fingerprint density at radius 2 is 1.93 bits per heavy atom. The van der Waals surface area contributed by atoms with Crippen LogP contribution in [0.25, 0.3) is 0 Å². The largest absolute Gasteiger partial charge is 0.339 e. The summed E-state index contributed by atoms with van der Waals surface area (Å²) in [5.41, 5.74) is 0. The summed E-state index contributed by atoms with van der Waals surface area (Å²) in [5, 5.41) is 0. The van der Waals surface area contributed by atoms with Crippen molar-refractivity contribution in [2.75, 3.05) is 12.4 Å². The van der Waals surface area contributed by atoms with E-state index in [9.17, 15) is 4.79 Å². The molecule has 2 fully saturated rings. The Hall–Kier alpha value is -0.240. The molecule has 86 valence electrons. The van der Waals surface area contributed by atoms with Crippen molar-refractivity contribution in [3.63, 3.8) is 0 Å². The Balaban J connectivity index is 1.83. The predicted molar refractivity (Wildman–Crippen MR) is 62.0 cm³/mol. The number of hydrogen-bond donors (Lipinski definition) is 0. The standard InChI is InChI=1S/C12H20ClNO/c13-9-11-6-3-7-14(11)12(15)8-10-4-1-2-5-10/h10-11H,1-9H2. The van der Waals surface area contributed by atoms with E-state index in [0.29, 0.717) is 23.7 Å². The van der Waals surface area contributed by atoms with Crippen LogP contribution in [0, 0.1) is 5.92 Å². The van der Waals surface area contributed by atoms with E-state index in [-0.39, 0.29) is 0 Å². The van der Waals surface area contributed by atoms with Crippen LogP contribution in [-0.4, -0.2) is 29.3 Å². The second-order valence-electron chi connectivity index (χ2n) is 4.89. The molecule has 0 spiro atoms. The van der Waals surface area contributed by atoms with E-state index in [1.54, 1.807) is 0 Å². The first kappa shape index (κ1) is 11.3. The van der Waals surface area contributed by atoms with E-state index in [1.165, 1.54) is 25.7 Å². The number of carbonyl (C=O) groups is 1. The number of alkyl halides is 1. The van der Waals surface area contributed by atoms with Crippen LogP contribution in [0.2, 0.25) is 0 Å². The van der Waals surface area contributed by atoms with Gasteiger partial charge in [-0.2, -0.15) is 0 Å². The zero-order valence-corrected chi connectivity index (χ0v) is 10.0. The van der Waals surface area contributed by atoms with E-state index in [4.69, 9.17) is 11.6 Å². The van der Waals surface area contributed by atoms with Crippen LogP contribution in [0.5, 0.6) is 0 Å². The topological polar surface area (TPSA) is 20.3 Å². The van der Waals surface area contributed by atoms with E-state index in [1.807, 2.05) is 4.90 Å². The Morgan fingerprint density at radius 1 is 1.20 bits per heavy atom. The molecule has 3 heteroatoms. The van der Waals surface area contributed by atoms with Crippen molar-refractivity contribution < 1.29 is 4.79 Å². The lowest BCUT2D eigenvalue weighted by Gasteiger charge is -2.24. The van der Waals surface area contributed by atoms with Crippen molar-refractivity contribution in [2.45, 2.75) is 51.0 Å². The number of amides is 1. The molecule has 0 aromatic rings. The second kappa shape index (κ2) is 5.20. The first-order valence-corrected chi connectivity index (χ1v) is 6.70. The highest BCUT2D eigenvalue weighted by Crippen LogP contribution is 2.29. The summed E-state index contributed by atoms with van der Waals surface area (Å²) >= 11 is 5.87. The third kappa shape index (κ3) is 2.66. The van der Waals surface area contributed by atoms with Gasteiger partial charge in [0.1, 0.15) is 0 Å². The zero-order chi connectivity index (χ0) is 10.7. The van der Waals surface area contributed by atoms with Gasteiger partial charge in [0, 0.05) is 24.9 Å². The molecule has 0 bridgehead atoms. The summed E-state index contributed by atoms with van der Waals surface area (Å²) in [4.78, 5) is 14.1. The number of hydrogen-bond acceptors (Lipinski definition) is 1. The molecule has 15 heavy (non-hydrogen) atoms. The summed E-state index contributed by atoms with van der Waals surface area (Å²) in [6.07, 6.45) is 8.14. The van der Waals surface area contributed by atoms with Crippen molar-refractivity contribution in [2.24, 2.45) is 5.92 Å². The molecule has 1 aliphatic carbocycles. The van der Waals surface area contributed by atoms with Crippen LogP contribution in [0.1, 0.15) is 44.9 Å². The van der Waals surface area contributed by atoms with Gasteiger partial charge in [-0.25, -0.2) is 0 Å². The van der Waals surface area contributed by atoms with Crippen molar-refractivity contribution in [1.82, 2.24) is 4.90 Å². The SMILES string of the molecule is O=C(CC1CCCC1)N1CCCC1CCl. The maximum Gasteiger partial charge on any atom is 0.223 e. The zero-order valence-electron chi connectivity index (χ0n) is 9.25. The van der Waals surface area contributed by atoms with Crippen LogP contribution in [0.4, 0.5) is 0 Å². The number of nitrogens with zero attached hydrogens (tertiary/aromatic N) is 1. The summed E-state index contributed by atoms with van der Waals surface area (Å²) < 4.78 is 0. The van der Waals surface area contributed by atoms with E-state index in [0.717, 1.165) is 25.8 Å². The van der Waals surface area contributed by atoms with Crippen LogP contribution < -0.4 is 0 Å². The van der Waals surface area contributed by atoms with Crippen molar-refractivity contribution in [1.29, 1.82) is 0 Å². The fourth-order valence-electron chi connectivity index (χ4n) is 2.90. The van der Waals surface area contributed by atoms with Crippen LogP contribution in [0.15, 0.2) is 0 Å². The normalized spacial score (nSPS) is 27.5. The molecule has 1 aliphatic heterocycles. The van der Waals surface area contributed by atoms with Gasteiger partial charge in [0.15, 0.2) is 0 Å². The molecular formula is C12H20ClNO. The van der Waals surface area contributed by atoms with E-state index < -0.39 is 0 Å². The second-order valence-corrected chi connectivity index (χ2v) is 5.20. The summed E-state index contributed by atoms with van der Waals surface area (Å²) in [6, 6.07) is 0.320. The average molecular weight is 230 g/mol. The Labute approximate surface area is 97.0 Å². The third-order valence-electron chi connectivity index (χ3n) is 3.81. The highest BCUT2D eigenvalue weighted by atomic mass is 35.5. The molecule has 1 unspecified atom stereocenters. The molecule has 2 nitrogen and oxygen atoms in total. The van der Waals surface area contributed by atoms with Crippen molar-refractivity contribution >= 4 is 17.5 Å². The maximum absolute atomic E-state index is 12.0. The molecule has 2 rings (SSSR count). The van der Waals surface area contributed by atoms with Gasteiger partial charge >= 0.3 is 0 Å². The van der Waals surface area contributed by atoms with Crippen molar-refractivity contribution in [3.8, 4) is 0 Å². The van der Waals surface area contributed by atoms with Gasteiger partial charge in [0.2, 0.25) is 5.91 Å². The smallest absolute Gasteiger partial charge is 0.223 e. The Morgan fingerprint density at radius 3 is 2.60 bits per heavy atom. The average Bonchev–Trinajstić information content (AvgIpc) is 2.86. The molecule has 0 aromatic carbocycles. The maximum atomic E-state index is 12.0. The monoisotopic (exact) mass is 229 g/mol. The summed E-state index contributed by atoms with van der Waals surface area (Å²) in [5.74, 6) is 1.62. The number of likely N-dealkylation sites (tertiary alicyclic amines) is 1. The van der Waals surface area contributed by atoms with E-state index >= 15 is 0 Å². The fraction of sp³-hybridized carbons (Fsp3) is 0.917. The van der Waals surface area contributed by atoms with Gasteiger partial charge < -0.3 is 4.90 Å². The summed E-state index contributed by atoms with van der Waals surface area (Å²) in [7, 11) is 0. The van der Waals surface area contributed by atoms with Crippen LogP contribution >= 0.6 is 11.6 Å². The molecule has 0 aromatic heterocycles. The Kier molecular flexibility index (Phi) is 3.90. The third-order valence-corrected chi connectivity index (χ3v) is 4.17. The van der Waals surface area contributed by atoms with Gasteiger partial charge in [-0.3, -0.25) is 4.79 Å². The lowest BCUT2D eigenvalue weighted by atomic mass is 10.0. The Bertz CT molecular complexity index is 226. The lowest BCUT2D eigenvalue weighted by molar-refractivity contribution is -0.132. The first-order chi connectivity index (χ1) is 7.31. The summed E-state index contributed by atoms with van der Waals surface area (Å²) in [6.45, 7) is 0.933. The van der Waals surface area contributed by atoms with Crippen LogP contribution in [0.3, 0.4) is 0 Å². The van der Waals surface area contributed by atoms with Crippen molar-refractivity contribution in [3.05, 3.63) is 0 Å². The van der Waals surface area contributed by atoms with Gasteiger partial charge in [-0.05, 0) is 31.6 Å². The van der Waals surface area contributed by atoms with Gasteiger partial charge in [0.05, 0.1) is 0 Å². The van der Waals surface area contributed by atoms with Crippen LogP contribution in [-0.2, 0) is 4.79 Å². The molecule has 1 saturated heterocycles. The lowest BCUT2D eigenvalue weighted by Crippen LogP contribution is -2.37. The molecule has 2 aliphatic rings. The van der Waals surface area contributed by atoms with E-state index in [2.05, 4.69) is 0 Å². The molecule has 1 atom stereocenters. The van der Waals surface area contributed by atoms with Gasteiger partial charge in [-0.15, -0.1) is 11.6 Å². The quantitative estimate of drug-likeness (QED) is 0.682. The molecule has 0 N–H and O–H groups in total. The molecular weight excluding hydrogens is 210 g/mol. The minimum absolute atomic E-state index is 0.320. The molecule has 1 saturated carbocycles. The molecule has 1 heterocycles.